The highest BCUT2D eigenvalue weighted by Gasteiger charge is 2.16. The Morgan fingerprint density at radius 3 is 2.48 bits per heavy atom. The predicted molar refractivity (Wildman–Crippen MR) is 72.0 cm³/mol. The Hall–Kier alpha value is -3.14. The quantitative estimate of drug-likeness (QED) is 0.386. The molecule has 0 aliphatic carbocycles. The first-order valence-electron chi connectivity index (χ1n) is 6.09. The highest BCUT2D eigenvalue weighted by atomic mass is 19.1. The van der Waals surface area contributed by atoms with Gasteiger partial charge in [0.25, 0.3) is 5.69 Å². The second-order valence-electron chi connectivity index (χ2n) is 4.11. The van der Waals surface area contributed by atoms with Gasteiger partial charge in [-0.2, -0.15) is 0 Å². The lowest BCUT2D eigenvalue weighted by atomic mass is 10.3. The van der Waals surface area contributed by atoms with Gasteiger partial charge in [0, 0.05) is 24.3 Å². The maximum atomic E-state index is 13.8. The summed E-state index contributed by atoms with van der Waals surface area (Å²) in [6.45, 7) is -0.494. The minimum atomic E-state index is -1.05. The number of rotatable bonds is 5. The van der Waals surface area contributed by atoms with E-state index in [2.05, 4.69) is 9.72 Å². The lowest BCUT2D eigenvalue weighted by molar-refractivity contribution is -0.385. The van der Waals surface area contributed by atoms with Crippen molar-refractivity contribution < 1.29 is 28.0 Å². The third-order valence-electron chi connectivity index (χ3n) is 2.52. The van der Waals surface area contributed by atoms with Crippen molar-refractivity contribution in [2.75, 3.05) is 6.54 Å². The molecule has 0 saturated heterocycles. The molecule has 0 amide bonds. The van der Waals surface area contributed by atoms with Crippen LogP contribution in [0.2, 0.25) is 0 Å². The molecule has 0 saturated carbocycles. The molecule has 0 aliphatic rings. The summed E-state index contributed by atoms with van der Waals surface area (Å²) in [6.07, 6.45) is 0.904. The summed E-state index contributed by atoms with van der Waals surface area (Å²) in [4.78, 5) is 24.4. The molecule has 23 heavy (non-hydrogen) atoms. The molecule has 2 N–H and O–H groups in total. The van der Waals surface area contributed by atoms with Gasteiger partial charge in [-0.3, -0.25) is 14.9 Å². The average molecular weight is 325 g/mol. The summed E-state index contributed by atoms with van der Waals surface area (Å²) in [7, 11) is 0. The van der Waals surface area contributed by atoms with Gasteiger partial charge in [0.05, 0.1) is 11.5 Å². The van der Waals surface area contributed by atoms with Crippen LogP contribution in [0.4, 0.5) is 14.5 Å². The number of carbonyl (C=O) groups excluding carboxylic acids is 1. The van der Waals surface area contributed by atoms with E-state index in [-0.39, 0.29) is 11.6 Å². The van der Waals surface area contributed by atoms with E-state index in [1.54, 1.807) is 0 Å². The van der Waals surface area contributed by atoms with E-state index in [1.807, 2.05) is 0 Å². The van der Waals surface area contributed by atoms with E-state index in [9.17, 15) is 23.7 Å². The molecule has 0 unspecified atom stereocenters. The number of nitrogens with two attached hydrogens (primary N) is 1. The molecule has 0 atom stereocenters. The highest BCUT2D eigenvalue weighted by Crippen LogP contribution is 2.30. The van der Waals surface area contributed by atoms with Gasteiger partial charge in [-0.15, -0.1) is 0 Å². The molecule has 2 rings (SSSR count). The number of carbonyl (C=O) groups is 1. The van der Waals surface area contributed by atoms with Gasteiger partial charge in [-0.25, -0.2) is 13.8 Å². The number of benzene rings is 1. The molecule has 120 valence electrons. The lowest BCUT2D eigenvalue weighted by Gasteiger charge is -2.09. The third-order valence-corrected chi connectivity index (χ3v) is 2.52. The van der Waals surface area contributed by atoms with Crippen molar-refractivity contribution in [3.63, 3.8) is 0 Å². The Kier molecular flexibility index (Phi) is 4.76. The largest absolute Gasteiger partial charge is 0.436 e. The van der Waals surface area contributed by atoms with Crippen molar-refractivity contribution in [2.45, 2.75) is 0 Å². The monoisotopic (exact) mass is 325 g/mol. The first-order valence-corrected chi connectivity index (χ1v) is 6.09. The standard InChI is InChI=1S/C13H9F2N3O5/c14-8-4-11(23-13(19)5-16)9(15)3-10(8)22-12-2-1-7(6-17-12)18(20)21/h1-4,6H,5,16H2. The summed E-state index contributed by atoms with van der Waals surface area (Å²) in [5.74, 6) is -4.36. The Balaban J connectivity index is 2.21. The second kappa shape index (κ2) is 6.75. The van der Waals surface area contributed by atoms with Gasteiger partial charge in [0.15, 0.2) is 23.1 Å². The molecule has 0 fully saturated rings. The van der Waals surface area contributed by atoms with Crippen molar-refractivity contribution in [1.82, 2.24) is 4.98 Å². The zero-order chi connectivity index (χ0) is 17.0. The van der Waals surface area contributed by atoms with E-state index in [4.69, 9.17) is 10.5 Å². The Labute approximate surface area is 127 Å². The highest BCUT2D eigenvalue weighted by molar-refractivity contribution is 5.74. The summed E-state index contributed by atoms with van der Waals surface area (Å²) in [5.41, 5.74) is 4.72. The van der Waals surface area contributed by atoms with Crippen LogP contribution in [0.1, 0.15) is 0 Å². The topological polar surface area (TPSA) is 118 Å². The Morgan fingerprint density at radius 1 is 1.26 bits per heavy atom. The molecule has 1 aromatic heterocycles. The maximum absolute atomic E-state index is 13.8. The summed E-state index contributed by atoms with van der Waals surface area (Å²) < 4.78 is 37.0. The van der Waals surface area contributed by atoms with Crippen molar-refractivity contribution in [3.05, 3.63) is 52.2 Å². The van der Waals surface area contributed by atoms with Crippen LogP contribution in [0.3, 0.4) is 0 Å². The number of ether oxygens (including phenoxy) is 2. The molecule has 8 nitrogen and oxygen atoms in total. The number of hydrogen-bond donors (Lipinski definition) is 1. The summed E-state index contributed by atoms with van der Waals surface area (Å²) in [6, 6.07) is 3.48. The number of esters is 1. The molecular formula is C13H9F2N3O5. The van der Waals surface area contributed by atoms with Gasteiger partial charge in [-0.1, -0.05) is 0 Å². The van der Waals surface area contributed by atoms with Crippen molar-refractivity contribution >= 4 is 11.7 Å². The predicted octanol–water partition coefficient (Wildman–Crippen LogP) is 1.92. The van der Waals surface area contributed by atoms with Crippen LogP contribution in [0.15, 0.2) is 30.5 Å². The Bertz CT molecular complexity index is 752. The van der Waals surface area contributed by atoms with Crippen molar-refractivity contribution in [2.24, 2.45) is 5.73 Å². The van der Waals surface area contributed by atoms with E-state index < -0.39 is 40.6 Å². The first-order chi connectivity index (χ1) is 10.9. The minimum absolute atomic E-state index is 0.180. The molecule has 10 heteroatoms. The van der Waals surface area contributed by atoms with Crippen LogP contribution in [0, 0.1) is 21.7 Å². The molecule has 0 radical (unpaired) electrons. The van der Waals surface area contributed by atoms with Crippen molar-refractivity contribution in [3.8, 4) is 17.4 Å². The number of nitrogens with zero attached hydrogens (tertiary/aromatic N) is 2. The van der Waals surface area contributed by atoms with Gasteiger partial charge < -0.3 is 15.2 Å². The molecular weight excluding hydrogens is 316 g/mol. The van der Waals surface area contributed by atoms with E-state index in [1.165, 1.54) is 0 Å². The molecule has 2 aromatic rings. The summed E-state index contributed by atoms with van der Waals surface area (Å²) in [5, 5.41) is 10.5. The second-order valence-corrected chi connectivity index (χ2v) is 4.11. The minimum Gasteiger partial charge on any atom is -0.436 e. The number of aromatic nitrogens is 1. The normalized spacial score (nSPS) is 10.2. The summed E-state index contributed by atoms with van der Waals surface area (Å²) >= 11 is 0. The van der Waals surface area contributed by atoms with Gasteiger partial charge in [0.1, 0.15) is 6.20 Å². The number of pyridine rings is 1. The van der Waals surface area contributed by atoms with Crippen LogP contribution in [0.5, 0.6) is 17.4 Å². The van der Waals surface area contributed by atoms with Gasteiger partial charge in [-0.05, 0) is 0 Å². The molecule has 0 bridgehead atoms. The molecule has 1 heterocycles. The SMILES string of the molecule is NCC(=O)Oc1cc(F)c(Oc2ccc([N+](=O)[O-])cn2)cc1F. The lowest BCUT2D eigenvalue weighted by Crippen LogP contribution is -2.20. The maximum Gasteiger partial charge on any atom is 0.325 e. The fraction of sp³-hybridized carbons (Fsp3) is 0.0769. The van der Waals surface area contributed by atoms with Crippen LogP contribution in [-0.2, 0) is 4.79 Å². The van der Waals surface area contributed by atoms with Crippen LogP contribution < -0.4 is 15.2 Å². The molecule has 0 aliphatic heterocycles. The molecule has 1 aromatic carbocycles. The number of halogens is 2. The Morgan fingerprint density at radius 2 is 1.91 bits per heavy atom. The molecule has 0 spiro atoms. The average Bonchev–Trinajstić information content (AvgIpc) is 2.52. The van der Waals surface area contributed by atoms with Crippen LogP contribution in [0.25, 0.3) is 0 Å². The third kappa shape index (κ3) is 3.95. The smallest absolute Gasteiger partial charge is 0.325 e. The van der Waals surface area contributed by atoms with Crippen LogP contribution in [-0.4, -0.2) is 22.4 Å². The van der Waals surface area contributed by atoms with E-state index in [0.29, 0.717) is 12.1 Å². The van der Waals surface area contributed by atoms with E-state index in [0.717, 1.165) is 18.3 Å². The fourth-order valence-electron chi connectivity index (χ4n) is 1.48. The van der Waals surface area contributed by atoms with Gasteiger partial charge in [0.2, 0.25) is 5.88 Å². The zero-order valence-corrected chi connectivity index (χ0v) is 11.4. The zero-order valence-electron chi connectivity index (χ0n) is 11.4. The number of nitro groups is 1. The van der Waals surface area contributed by atoms with Crippen molar-refractivity contribution in [1.29, 1.82) is 0 Å². The first kappa shape index (κ1) is 16.2. The number of hydrogen-bond acceptors (Lipinski definition) is 7. The van der Waals surface area contributed by atoms with Gasteiger partial charge >= 0.3 is 5.97 Å². The van der Waals surface area contributed by atoms with E-state index >= 15 is 0 Å². The van der Waals surface area contributed by atoms with Crippen LogP contribution >= 0.6 is 0 Å². The fourth-order valence-corrected chi connectivity index (χ4v) is 1.48.